The summed E-state index contributed by atoms with van der Waals surface area (Å²) in [5, 5.41) is 13.8. The van der Waals surface area contributed by atoms with E-state index < -0.39 is 22.9 Å². The molecule has 1 atom stereocenters. The van der Waals surface area contributed by atoms with Gasteiger partial charge in [-0.05, 0) is 51.0 Å². The van der Waals surface area contributed by atoms with E-state index in [0.29, 0.717) is 22.3 Å². The number of hydrogen-bond donors (Lipinski definition) is 1. The van der Waals surface area contributed by atoms with E-state index in [-0.39, 0.29) is 23.4 Å². The first-order valence-corrected chi connectivity index (χ1v) is 13.9. The number of carbonyl (C=O) groups is 2. The second kappa shape index (κ2) is 12.2. The number of ether oxygens (including phenoxy) is 1. The van der Waals surface area contributed by atoms with E-state index in [0.717, 1.165) is 27.9 Å². The zero-order valence-electron chi connectivity index (χ0n) is 24.3. The second-order valence-corrected chi connectivity index (χ2v) is 10.4. The van der Waals surface area contributed by atoms with Crippen LogP contribution in [0.5, 0.6) is 0 Å². The molecule has 0 radical (unpaired) electrons. The Bertz CT molecular complexity index is 1850. The number of rotatable bonds is 8. The molecule has 0 fully saturated rings. The Labute approximate surface area is 248 Å². The lowest BCUT2D eigenvalue weighted by Crippen LogP contribution is -2.32. The van der Waals surface area contributed by atoms with Gasteiger partial charge in [-0.25, -0.2) is 14.8 Å². The number of aryl methyl sites for hydroxylation is 3. The van der Waals surface area contributed by atoms with Gasteiger partial charge in [0.15, 0.2) is 6.10 Å². The van der Waals surface area contributed by atoms with Crippen molar-refractivity contribution < 1.29 is 19.2 Å². The summed E-state index contributed by atoms with van der Waals surface area (Å²) in [4.78, 5) is 46.7. The van der Waals surface area contributed by atoms with Crippen molar-refractivity contribution in [3.8, 4) is 22.5 Å². The minimum atomic E-state index is -1.11. The van der Waals surface area contributed by atoms with Crippen molar-refractivity contribution in [2.24, 2.45) is 0 Å². The van der Waals surface area contributed by atoms with Gasteiger partial charge in [-0.15, -0.1) is 0 Å². The number of nitro groups is 1. The number of anilines is 1. The Morgan fingerprint density at radius 2 is 1.40 bits per heavy atom. The molecule has 216 valence electrons. The minimum Gasteiger partial charge on any atom is -0.449 e. The van der Waals surface area contributed by atoms with E-state index in [2.05, 4.69) is 5.32 Å². The third-order valence-electron chi connectivity index (χ3n) is 7.15. The van der Waals surface area contributed by atoms with Gasteiger partial charge in [0.25, 0.3) is 11.6 Å². The van der Waals surface area contributed by atoms with Gasteiger partial charge in [-0.3, -0.25) is 14.9 Å². The monoisotopic (exact) mass is 574 g/mol. The van der Waals surface area contributed by atoms with Crippen LogP contribution in [0.3, 0.4) is 0 Å². The van der Waals surface area contributed by atoms with Crippen molar-refractivity contribution in [3.63, 3.8) is 0 Å². The number of aromatic nitrogens is 2. The molecule has 5 rings (SSSR count). The van der Waals surface area contributed by atoms with E-state index in [1.165, 1.54) is 12.1 Å². The van der Waals surface area contributed by atoms with Crippen molar-refractivity contribution in [3.05, 3.63) is 117 Å². The predicted octanol–water partition coefficient (Wildman–Crippen LogP) is 7.37. The quantitative estimate of drug-likeness (QED) is 0.117. The summed E-state index contributed by atoms with van der Waals surface area (Å²) in [5.74, 6) is -1.27. The largest absolute Gasteiger partial charge is 0.449 e. The molecule has 9 nitrogen and oxygen atoms in total. The van der Waals surface area contributed by atoms with E-state index >= 15 is 0 Å². The van der Waals surface area contributed by atoms with Crippen molar-refractivity contribution in [2.75, 3.05) is 5.32 Å². The van der Waals surface area contributed by atoms with Crippen LogP contribution < -0.4 is 5.32 Å². The Morgan fingerprint density at radius 1 is 0.814 bits per heavy atom. The zero-order chi connectivity index (χ0) is 30.7. The molecule has 0 saturated heterocycles. The lowest BCUT2D eigenvalue weighted by Gasteiger charge is -2.17. The maximum atomic E-state index is 13.2. The Kier molecular flexibility index (Phi) is 8.25. The van der Waals surface area contributed by atoms with Gasteiger partial charge < -0.3 is 10.1 Å². The van der Waals surface area contributed by atoms with Gasteiger partial charge in [-0.1, -0.05) is 72.6 Å². The molecule has 4 aromatic carbocycles. The van der Waals surface area contributed by atoms with Crippen LogP contribution in [0.2, 0.25) is 0 Å². The first-order valence-electron chi connectivity index (χ1n) is 13.9. The molecule has 9 heteroatoms. The van der Waals surface area contributed by atoms with E-state index in [1.54, 1.807) is 38.1 Å². The Hall–Kier alpha value is -5.44. The number of carbonyl (C=O) groups excluding carboxylic acids is 2. The molecule has 0 spiro atoms. The van der Waals surface area contributed by atoms with Gasteiger partial charge in [0.2, 0.25) is 0 Å². The molecule has 5 aromatic rings. The van der Waals surface area contributed by atoms with Crippen LogP contribution in [0.15, 0.2) is 84.9 Å². The van der Waals surface area contributed by atoms with Crippen LogP contribution >= 0.6 is 0 Å². The number of benzene rings is 4. The number of fused-ring (bicyclic) bond motifs is 1. The summed E-state index contributed by atoms with van der Waals surface area (Å²) in [6, 6.07) is 25.2. The highest BCUT2D eigenvalue weighted by Gasteiger charge is 2.24. The predicted molar refractivity (Wildman–Crippen MR) is 166 cm³/mol. The van der Waals surface area contributed by atoms with Crippen LogP contribution in [0.1, 0.15) is 40.4 Å². The number of nitrogens with zero attached hydrogens (tertiary/aromatic N) is 3. The van der Waals surface area contributed by atoms with E-state index in [1.807, 2.05) is 62.4 Å². The van der Waals surface area contributed by atoms with Gasteiger partial charge in [0.1, 0.15) is 0 Å². The van der Waals surface area contributed by atoms with Gasteiger partial charge in [0, 0.05) is 23.3 Å². The number of hydrogen-bond acceptors (Lipinski definition) is 7. The van der Waals surface area contributed by atoms with Crippen molar-refractivity contribution in [1.82, 2.24) is 9.97 Å². The molecule has 1 N–H and O–H groups in total. The molecule has 1 amide bonds. The van der Waals surface area contributed by atoms with Crippen LogP contribution in [-0.4, -0.2) is 32.9 Å². The van der Waals surface area contributed by atoms with Crippen LogP contribution in [0.4, 0.5) is 11.4 Å². The summed E-state index contributed by atoms with van der Waals surface area (Å²) in [6.45, 7) is 7.48. The third-order valence-corrected chi connectivity index (χ3v) is 7.15. The summed E-state index contributed by atoms with van der Waals surface area (Å²) in [7, 11) is 0. The van der Waals surface area contributed by atoms with Crippen molar-refractivity contribution in [1.29, 1.82) is 0 Å². The Balaban J connectivity index is 1.44. The van der Waals surface area contributed by atoms with Crippen molar-refractivity contribution in [2.45, 2.75) is 40.2 Å². The van der Waals surface area contributed by atoms with Gasteiger partial charge in [-0.2, -0.15) is 0 Å². The van der Waals surface area contributed by atoms with Crippen LogP contribution in [0.25, 0.3) is 33.5 Å². The molecule has 1 heterocycles. The van der Waals surface area contributed by atoms with Gasteiger partial charge in [0.05, 0.1) is 38.6 Å². The summed E-state index contributed by atoms with van der Waals surface area (Å²) >= 11 is 0. The third kappa shape index (κ3) is 6.41. The average Bonchev–Trinajstić information content (AvgIpc) is 3.00. The van der Waals surface area contributed by atoms with E-state index in [9.17, 15) is 19.7 Å². The molecule has 0 aliphatic heterocycles. The molecule has 0 bridgehead atoms. The smallest absolute Gasteiger partial charge is 0.338 e. The molecule has 43 heavy (non-hydrogen) atoms. The molecule has 1 unspecified atom stereocenters. The normalized spacial score (nSPS) is 11.6. The lowest BCUT2D eigenvalue weighted by molar-refractivity contribution is -0.384. The van der Waals surface area contributed by atoms with Crippen LogP contribution in [-0.2, 0) is 9.53 Å². The summed E-state index contributed by atoms with van der Waals surface area (Å²) < 4.78 is 5.59. The highest BCUT2D eigenvalue weighted by Crippen LogP contribution is 2.32. The second-order valence-electron chi connectivity index (χ2n) is 10.4. The maximum Gasteiger partial charge on any atom is 0.338 e. The average molecular weight is 575 g/mol. The first-order chi connectivity index (χ1) is 20.6. The summed E-state index contributed by atoms with van der Waals surface area (Å²) in [6.07, 6.45) is -0.906. The SMILES string of the molecule is CCC(OC(=O)c1ccc2nc(-c3ccc(C)cc3)c(-c3ccc(C)cc3)nc2c1)C(=O)Nc1cc([N+](=O)[O-])ccc1C. The number of nitro benzene ring substituents is 1. The topological polar surface area (TPSA) is 124 Å². The zero-order valence-corrected chi connectivity index (χ0v) is 24.3. The maximum absolute atomic E-state index is 13.2. The summed E-state index contributed by atoms with van der Waals surface area (Å²) in [5.41, 5.74) is 7.58. The fourth-order valence-electron chi connectivity index (χ4n) is 4.60. The molecule has 1 aromatic heterocycles. The first kappa shape index (κ1) is 29.1. The molecular weight excluding hydrogens is 544 g/mol. The number of non-ortho nitro benzene ring substituents is 1. The van der Waals surface area contributed by atoms with Crippen LogP contribution in [0, 0.1) is 30.9 Å². The standard InChI is InChI=1S/C34H30N4O5/c1-5-30(33(39)37-28-19-26(38(41)42)16-10-22(28)4)43-34(40)25-15-17-27-29(18-25)36-32(24-13-8-21(3)9-14-24)31(35-27)23-11-6-20(2)7-12-23/h6-19,30H,5H2,1-4H3,(H,37,39). The number of esters is 1. The fourth-order valence-corrected chi connectivity index (χ4v) is 4.60. The number of nitrogens with one attached hydrogen (secondary N) is 1. The minimum absolute atomic E-state index is 0.154. The van der Waals surface area contributed by atoms with E-state index in [4.69, 9.17) is 14.7 Å². The highest BCUT2D eigenvalue weighted by molar-refractivity contribution is 5.99. The molecule has 0 aliphatic carbocycles. The molecular formula is C34H30N4O5. The number of amides is 1. The Morgan fingerprint density at radius 3 is 1.95 bits per heavy atom. The van der Waals surface area contributed by atoms with Crippen molar-refractivity contribution >= 4 is 34.3 Å². The molecule has 0 aliphatic rings. The fraction of sp³-hybridized carbons (Fsp3) is 0.176. The highest BCUT2D eigenvalue weighted by atomic mass is 16.6. The molecule has 0 saturated carbocycles. The van der Waals surface area contributed by atoms with Gasteiger partial charge >= 0.3 is 5.97 Å². The lowest BCUT2D eigenvalue weighted by atomic mass is 10.0.